The molecule has 1 aromatic carbocycles. The van der Waals surface area contributed by atoms with E-state index < -0.39 is 0 Å². The van der Waals surface area contributed by atoms with Crippen LogP contribution in [0.2, 0.25) is 0 Å². The maximum absolute atomic E-state index is 4.35. The Balaban J connectivity index is 2.33. The van der Waals surface area contributed by atoms with E-state index in [2.05, 4.69) is 61.8 Å². The SMILES string of the molecule is C=C/C(=C\C=C(/C)c1ccccn1)c1ccccc1C. The van der Waals surface area contributed by atoms with Crippen molar-refractivity contribution in [2.75, 3.05) is 0 Å². The summed E-state index contributed by atoms with van der Waals surface area (Å²) >= 11 is 0. The molecule has 0 atom stereocenters. The van der Waals surface area contributed by atoms with Crippen LogP contribution in [-0.2, 0) is 0 Å². The first-order chi connectivity index (χ1) is 9.72. The third-order valence-corrected chi connectivity index (χ3v) is 3.26. The van der Waals surface area contributed by atoms with Gasteiger partial charge in [-0.15, -0.1) is 0 Å². The van der Waals surface area contributed by atoms with E-state index in [-0.39, 0.29) is 0 Å². The Bertz CT molecular complexity index is 648. The summed E-state index contributed by atoms with van der Waals surface area (Å²) in [7, 11) is 0. The highest BCUT2D eigenvalue weighted by Gasteiger charge is 2.00. The fraction of sp³-hybridized carbons (Fsp3) is 0.105. The van der Waals surface area contributed by atoms with Gasteiger partial charge in [-0.25, -0.2) is 0 Å². The molecule has 0 spiro atoms. The van der Waals surface area contributed by atoms with Crippen molar-refractivity contribution < 1.29 is 0 Å². The Morgan fingerprint density at radius 1 is 1.05 bits per heavy atom. The van der Waals surface area contributed by atoms with Crippen molar-refractivity contribution in [3.05, 3.63) is 90.3 Å². The van der Waals surface area contributed by atoms with E-state index in [0.717, 1.165) is 16.8 Å². The summed E-state index contributed by atoms with van der Waals surface area (Å²) in [6.45, 7) is 8.10. The largest absolute Gasteiger partial charge is 0.257 e. The Morgan fingerprint density at radius 2 is 1.80 bits per heavy atom. The van der Waals surface area contributed by atoms with Crippen LogP contribution in [0.5, 0.6) is 0 Å². The number of hydrogen-bond acceptors (Lipinski definition) is 1. The molecule has 0 saturated carbocycles. The highest BCUT2D eigenvalue weighted by Crippen LogP contribution is 2.20. The molecule has 0 unspecified atom stereocenters. The van der Waals surface area contributed by atoms with E-state index in [1.54, 1.807) is 0 Å². The lowest BCUT2D eigenvalue weighted by Crippen LogP contribution is -1.86. The van der Waals surface area contributed by atoms with Gasteiger partial charge in [0.05, 0.1) is 5.69 Å². The van der Waals surface area contributed by atoms with Crippen LogP contribution in [0.1, 0.15) is 23.7 Å². The van der Waals surface area contributed by atoms with Crippen molar-refractivity contribution in [2.24, 2.45) is 0 Å². The maximum atomic E-state index is 4.35. The first-order valence-corrected chi connectivity index (χ1v) is 6.71. The maximum Gasteiger partial charge on any atom is 0.0658 e. The fourth-order valence-corrected chi connectivity index (χ4v) is 2.06. The average molecular weight is 261 g/mol. The third kappa shape index (κ3) is 3.33. The molecule has 0 aliphatic heterocycles. The molecule has 2 rings (SSSR count). The van der Waals surface area contributed by atoms with Crippen LogP contribution < -0.4 is 0 Å². The van der Waals surface area contributed by atoms with Crippen molar-refractivity contribution in [1.82, 2.24) is 4.98 Å². The minimum Gasteiger partial charge on any atom is -0.257 e. The van der Waals surface area contributed by atoms with Gasteiger partial charge in [-0.1, -0.05) is 55.1 Å². The van der Waals surface area contributed by atoms with E-state index in [1.807, 2.05) is 30.5 Å². The van der Waals surface area contributed by atoms with Gasteiger partial charge in [-0.05, 0) is 48.3 Å². The van der Waals surface area contributed by atoms with Gasteiger partial charge >= 0.3 is 0 Å². The number of rotatable bonds is 4. The van der Waals surface area contributed by atoms with Gasteiger partial charge in [-0.3, -0.25) is 4.98 Å². The Morgan fingerprint density at radius 3 is 2.45 bits per heavy atom. The van der Waals surface area contributed by atoms with Crippen molar-refractivity contribution >= 4 is 11.1 Å². The molecular weight excluding hydrogens is 242 g/mol. The lowest BCUT2D eigenvalue weighted by atomic mass is 10.00. The first-order valence-electron chi connectivity index (χ1n) is 6.71. The zero-order valence-electron chi connectivity index (χ0n) is 12.0. The molecule has 1 aromatic heterocycles. The highest BCUT2D eigenvalue weighted by atomic mass is 14.7. The summed E-state index contributed by atoms with van der Waals surface area (Å²) in [4.78, 5) is 4.35. The summed E-state index contributed by atoms with van der Waals surface area (Å²) in [6.07, 6.45) is 7.89. The Labute approximate surface area is 121 Å². The molecule has 1 heteroatoms. The van der Waals surface area contributed by atoms with Crippen LogP contribution >= 0.6 is 0 Å². The first kappa shape index (κ1) is 14.0. The molecule has 0 bridgehead atoms. The van der Waals surface area contributed by atoms with Gasteiger partial charge < -0.3 is 0 Å². The molecule has 0 aliphatic carbocycles. The number of aromatic nitrogens is 1. The lowest BCUT2D eigenvalue weighted by molar-refractivity contribution is 1.27. The Kier molecular flexibility index (Phi) is 4.67. The van der Waals surface area contributed by atoms with Crippen LogP contribution in [-0.4, -0.2) is 4.98 Å². The summed E-state index contributed by atoms with van der Waals surface area (Å²) in [5.74, 6) is 0. The fourth-order valence-electron chi connectivity index (χ4n) is 2.06. The number of aryl methyl sites for hydroxylation is 1. The van der Waals surface area contributed by atoms with E-state index in [4.69, 9.17) is 0 Å². The smallest absolute Gasteiger partial charge is 0.0658 e. The Hall–Kier alpha value is -2.41. The summed E-state index contributed by atoms with van der Waals surface area (Å²) < 4.78 is 0. The van der Waals surface area contributed by atoms with Gasteiger partial charge in [0.2, 0.25) is 0 Å². The highest BCUT2D eigenvalue weighted by molar-refractivity contribution is 5.78. The van der Waals surface area contributed by atoms with Crippen LogP contribution in [0.3, 0.4) is 0 Å². The quantitative estimate of drug-likeness (QED) is 0.701. The van der Waals surface area contributed by atoms with Gasteiger partial charge in [-0.2, -0.15) is 0 Å². The molecule has 0 radical (unpaired) electrons. The number of hydrogen-bond donors (Lipinski definition) is 0. The average Bonchev–Trinajstić information content (AvgIpc) is 2.50. The molecule has 2 aromatic rings. The van der Waals surface area contributed by atoms with Crippen LogP contribution in [0.4, 0.5) is 0 Å². The zero-order valence-corrected chi connectivity index (χ0v) is 12.0. The molecule has 0 aliphatic rings. The molecule has 1 heterocycles. The van der Waals surface area contributed by atoms with Crippen LogP contribution in [0.25, 0.3) is 11.1 Å². The second-order valence-electron chi connectivity index (χ2n) is 4.71. The topological polar surface area (TPSA) is 12.9 Å². The molecule has 20 heavy (non-hydrogen) atoms. The zero-order chi connectivity index (χ0) is 14.4. The van der Waals surface area contributed by atoms with Crippen molar-refractivity contribution in [3.8, 4) is 0 Å². The number of allylic oxidation sites excluding steroid dienone is 5. The van der Waals surface area contributed by atoms with E-state index in [1.165, 1.54) is 11.1 Å². The van der Waals surface area contributed by atoms with Gasteiger partial charge in [0, 0.05) is 6.20 Å². The number of benzene rings is 1. The molecule has 1 nitrogen and oxygen atoms in total. The van der Waals surface area contributed by atoms with E-state index >= 15 is 0 Å². The molecule has 0 N–H and O–H groups in total. The van der Waals surface area contributed by atoms with Crippen molar-refractivity contribution in [3.63, 3.8) is 0 Å². The van der Waals surface area contributed by atoms with Gasteiger partial charge in [0.25, 0.3) is 0 Å². The number of pyridine rings is 1. The normalized spacial score (nSPS) is 12.3. The standard InChI is InChI=1S/C19H19N/c1-4-17(18-10-6-5-9-15(18)2)13-12-16(3)19-11-7-8-14-20-19/h4-14H,1H2,2-3H3/b16-12+,17-13+. The monoisotopic (exact) mass is 261 g/mol. The van der Waals surface area contributed by atoms with Gasteiger partial charge in [0.1, 0.15) is 0 Å². The number of nitrogens with zero attached hydrogens (tertiary/aromatic N) is 1. The second kappa shape index (κ2) is 6.67. The second-order valence-corrected chi connectivity index (χ2v) is 4.71. The molecule has 0 fully saturated rings. The van der Waals surface area contributed by atoms with Crippen molar-refractivity contribution in [1.29, 1.82) is 0 Å². The summed E-state index contributed by atoms with van der Waals surface area (Å²) in [5, 5.41) is 0. The van der Waals surface area contributed by atoms with Crippen LogP contribution in [0.15, 0.2) is 73.5 Å². The molecule has 100 valence electrons. The molecule has 0 saturated heterocycles. The summed E-state index contributed by atoms with van der Waals surface area (Å²) in [5.41, 5.74) is 5.73. The minimum atomic E-state index is 0.997. The van der Waals surface area contributed by atoms with Crippen LogP contribution in [0, 0.1) is 6.92 Å². The van der Waals surface area contributed by atoms with Gasteiger partial charge in [0.15, 0.2) is 0 Å². The predicted molar refractivity (Wildman–Crippen MR) is 87.2 cm³/mol. The summed E-state index contributed by atoms with van der Waals surface area (Å²) in [6, 6.07) is 14.3. The van der Waals surface area contributed by atoms with E-state index in [9.17, 15) is 0 Å². The van der Waals surface area contributed by atoms with Crippen molar-refractivity contribution in [2.45, 2.75) is 13.8 Å². The minimum absolute atomic E-state index is 0.997. The third-order valence-electron chi connectivity index (χ3n) is 3.26. The molecule has 0 amide bonds. The lowest BCUT2D eigenvalue weighted by Gasteiger charge is -2.06. The molecular formula is C19H19N. The predicted octanol–water partition coefficient (Wildman–Crippen LogP) is 5.06. The van der Waals surface area contributed by atoms with E-state index in [0.29, 0.717) is 0 Å².